The molecule has 0 bridgehead atoms. The summed E-state index contributed by atoms with van der Waals surface area (Å²) in [7, 11) is 1.61. The number of nitrogens with zero attached hydrogens (tertiary/aromatic N) is 3. The molecule has 4 aromatic rings. The Balaban J connectivity index is 1.69. The van der Waals surface area contributed by atoms with Gasteiger partial charge < -0.3 is 10.1 Å². The lowest BCUT2D eigenvalue weighted by molar-refractivity contribution is 0.410. The fourth-order valence-corrected chi connectivity index (χ4v) is 2.92. The van der Waals surface area contributed by atoms with Gasteiger partial charge in [0.15, 0.2) is 5.65 Å². The lowest BCUT2D eigenvalue weighted by Crippen LogP contribution is -2.34. The number of hydrogen-bond donors (Lipinski definition) is 2. The fourth-order valence-electron chi connectivity index (χ4n) is 2.92. The molecular formula is C20H17N5O3. The molecule has 4 rings (SSSR count). The number of aromatic amines is 1. The topological polar surface area (TPSA) is 102 Å². The summed E-state index contributed by atoms with van der Waals surface area (Å²) in [4.78, 5) is 36.3. The molecule has 0 atom stereocenters. The number of aromatic nitrogens is 4. The molecule has 140 valence electrons. The molecule has 8 nitrogen and oxygen atoms in total. The molecule has 0 saturated heterocycles. The zero-order valence-electron chi connectivity index (χ0n) is 15.0. The highest BCUT2D eigenvalue weighted by Gasteiger charge is 2.12. The normalized spacial score (nSPS) is 10.8. The number of nitrogens with one attached hydrogen (secondary N) is 2. The second kappa shape index (κ2) is 7.36. The van der Waals surface area contributed by atoms with Gasteiger partial charge >= 0.3 is 5.69 Å². The molecular weight excluding hydrogens is 358 g/mol. The SMILES string of the molecule is COc1ccccc1CNc1ncc2c(=O)n(-c3ccccc3)c(=O)[nH]c2n1. The van der Waals surface area contributed by atoms with Crippen LogP contribution in [0.2, 0.25) is 0 Å². The van der Waals surface area contributed by atoms with E-state index < -0.39 is 11.2 Å². The summed E-state index contributed by atoms with van der Waals surface area (Å²) >= 11 is 0. The van der Waals surface area contributed by atoms with Gasteiger partial charge in [-0.05, 0) is 18.2 Å². The number of para-hydroxylation sites is 2. The van der Waals surface area contributed by atoms with Gasteiger partial charge in [0.05, 0.1) is 12.8 Å². The Labute approximate surface area is 159 Å². The molecule has 0 amide bonds. The lowest BCUT2D eigenvalue weighted by Gasteiger charge is -2.10. The number of rotatable bonds is 5. The maximum absolute atomic E-state index is 12.7. The second-order valence-electron chi connectivity index (χ2n) is 6.03. The van der Waals surface area contributed by atoms with E-state index in [-0.39, 0.29) is 11.0 Å². The van der Waals surface area contributed by atoms with Crippen molar-refractivity contribution in [1.82, 2.24) is 19.5 Å². The Bertz CT molecular complexity index is 1250. The first-order valence-electron chi connectivity index (χ1n) is 8.60. The quantitative estimate of drug-likeness (QED) is 0.554. The standard InChI is InChI=1S/C20H17N5O3/c1-28-16-10-6-5-7-13(16)11-21-19-22-12-15-17(23-19)24-20(27)25(18(15)26)14-8-3-2-4-9-14/h2-10,12H,11H2,1H3,(H2,21,22,23,24,27). The second-order valence-corrected chi connectivity index (χ2v) is 6.03. The molecule has 28 heavy (non-hydrogen) atoms. The van der Waals surface area contributed by atoms with Crippen molar-refractivity contribution in [2.45, 2.75) is 6.54 Å². The third-order valence-corrected chi connectivity index (χ3v) is 4.29. The van der Waals surface area contributed by atoms with Crippen molar-refractivity contribution < 1.29 is 4.74 Å². The van der Waals surface area contributed by atoms with Crippen molar-refractivity contribution in [3.63, 3.8) is 0 Å². The number of methoxy groups -OCH3 is 1. The highest BCUT2D eigenvalue weighted by Crippen LogP contribution is 2.18. The van der Waals surface area contributed by atoms with Gasteiger partial charge in [0, 0.05) is 18.3 Å². The Hall–Kier alpha value is -3.94. The molecule has 2 aromatic heterocycles. The maximum Gasteiger partial charge on any atom is 0.334 e. The van der Waals surface area contributed by atoms with E-state index in [4.69, 9.17) is 4.74 Å². The number of fused-ring (bicyclic) bond motifs is 1. The predicted octanol–water partition coefficient (Wildman–Crippen LogP) is 2.09. The van der Waals surface area contributed by atoms with E-state index in [1.165, 1.54) is 6.20 Å². The van der Waals surface area contributed by atoms with Gasteiger partial charge in [-0.3, -0.25) is 9.78 Å². The summed E-state index contributed by atoms with van der Waals surface area (Å²) in [5.41, 5.74) is 0.565. The Morgan fingerprint density at radius 3 is 2.61 bits per heavy atom. The van der Waals surface area contributed by atoms with Crippen LogP contribution in [0.5, 0.6) is 5.75 Å². The van der Waals surface area contributed by atoms with E-state index in [0.717, 1.165) is 15.9 Å². The largest absolute Gasteiger partial charge is 0.496 e. The van der Waals surface area contributed by atoms with E-state index in [0.29, 0.717) is 18.2 Å². The van der Waals surface area contributed by atoms with Gasteiger partial charge in [-0.15, -0.1) is 0 Å². The van der Waals surface area contributed by atoms with Crippen molar-refractivity contribution in [3.8, 4) is 11.4 Å². The minimum Gasteiger partial charge on any atom is -0.496 e. The predicted molar refractivity (Wildman–Crippen MR) is 106 cm³/mol. The number of anilines is 1. The van der Waals surface area contributed by atoms with E-state index in [1.807, 2.05) is 30.3 Å². The van der Waals surface area contributed by atoms with Crippen LogP contribution in [0.1, 0.15) is 5.56 Å². The smallest absolute Gasteiger partial charge is 0.334 e. The van der Waals surface area contributed by atoms with E-state index in [9.17, 15) is 9.59 Å². The Morgan fingerprint density at radius 2 is 1.82 bits per heavy atom. The highest BCUT2D eigenvalue weighted by atomic mass is 16.5. The van der Waals surface area contributed by atoms with Crippen LogP contribution in [-0.4, -0.2) is 26.6 Å². The fraction of sp³-hybridized carbons (Fsp3) is 0.100. The average Bonchev–Trinajstić information content (AvgIpc) is 2.73. The third kappa shape index (κ3) is 3.23. The first kappa shape index (κ1) is 17.5. The van der Waals surface area contributed by atoms with Gasteiger partial charge in [0.25, 0.3) is 5.56 Å². The number of H-pyrrole nitrogens is 1. The summed E-state index contributed by atoms with van der Waals surface area (Å²) in [5, 5.41) is 3.31. The third-order valence-electron chi connectivity index (χ3n) is 4.29. The first-order valence-corrected chi connectivity index (χ1v) is 8.60. The van der Waals surface area contributed by atoms with Crippen LogP contribution in [0.15, 0.2) is 70.4 Å². The molecule has 0 spiro atoms. The summed E-state index contributed by atoms with van der Waals surface area (Å²) in [6.07, 6.45) is 1.41. The maximum atomic E-state index is 12.7. The highest BCUT2D eigenvalue weighted by molar-refractivity contribution is 5.73. The van der Waals surface area contributed by atoms with E-state index >= 15 is 0 Å². The molecule has 0 aliphatic heterocycles. The summed E-state index contributed by atoms with van der Waals surface area (Å²) in [6, 6.07) is 16.3. The number of hydrogen-bond acceptors (Lipinski definition) is 6. The van der Waals surface area contributed by atoms with Crippen LogP contribution in [-0.2, 0) is 6.54 Å². The molecule has 8 heteroatoms. The minimum absolute atomic E-state index is 0.180. The van der Waals surface area contributed by atoms with Crippen LogP contribution in [0.4, 0.5) is 5.95 Å². The van der Waals surface area contributed by atoms with Crippen LogP contribution in [0.3, 0.4) is 0 Å². The zero-order valence-corrected chi connectivity index (χ0v) is 15.0. The van der Waals surface area contributed by atoms with E-state index in [2.05, 4.69) is 20.3 Å². The molecule has 2 N–H and O–H groups in total. The van der Waals surface area contributed by atoms with Crippen molar-refractivity contribution in [1.29, 1.82) is 0 Å². The van der Waals surface area contributed by atoms with Crippen LogP contribution >= 0.6 is 0 Å². The van der Waals surface area contributed by atoms with Crippen molar-refractivity contribution >= 4 is 17.0 Å². The van der Waals surface area contributed by atoms with Crippen LogP contribution in [0.25, 0.3) is 16.7 Å². The molecule has 0 fully saturated rings. The molecule has 0 saturated carbocycles. The van der Waals surface area contributed by atoms with Crippen molar-refractivity contribution in [2.24, 2.45) is 0 Å². The van der Waals surface area contributed by atoms with E-state index in [1.54, 1.807) is 31.4 Å². The van der Waals surface area contributed by atoms with Gasteiger partial charge in [0.2, 0.25) is 5.95 Å². The monoisotopic (exact) mass is 375 g/mol. The van der Waals surface area contributed by atoms with Crippen molar-refractivity contribution in [2.75, 3.05) is 12.4 Å². The molecule has 0 aliphatic rings. The molecule has 0 aliphatic carbocycles. The molecule has 0 radical (unpaired) electrons. The summed E-state index contributed by atoms with van der Waals surface area (Å²) in [5.74, 6) is 1.04. The molecule has 0 unspecified atom stereocenters. The Kier molecular flexibility index (Phi) is 4.59. The van der Waals surface area contributed by atoms with Gasteiger partial charge in [-0.25, -0.2) is 14.3 Å². The van der Waals surface area contributed by atoms with Gasteiger partial charge in [0.1, 0.15) is 11.1 Å². The summed E-state index contributed by atoms with van der Waals surface area (Å²) in [6.45, 7) is 0.431. The first-order chi connectivity index (χ1) is 13.7. The van der Waals surface area contributed by atoms with Crippen LogP contribution in [0, 0.1) is 0 Å². The average molecular weight is 375 g/mol. The minimum atomic E-state index is -0.557. The van der Waals surface area contributed by atoms with Crippen molar-refractivity contribution in [3.05, 3.63) is 87.2 Å². The molecule has 2 heterocycles. The number of ether oxygens (including phenoxy) is 1. The Morgan fingerprint density at radius 1 is 1.07 bits per heavy atom. The lowest BCUT2D eigenvalue weighted by atomic mass is 10.2. The van der Waals surface area contributed by atoms with Gasteiger partial charge in [-0.1, -0.05) is 36.4 Å². The number of benzene rings is 2. The summed E-state index contributed by atoms with van der Waals surface area (Å²) < 4.78 is 6.38. The zero-order chi connectivity index (χ0) is 19.5. The van der Waals surface area contributed by atoms with Gasteiger partial charge in [-0.2, -0.15) is 4.98 Å². The van der Waals surface area contributed by atoms with Crippen LogP contribution < -0.4 is 21.3 Å². The molecule has 2 aromatic carbocycles.